The minimum absolute atomic E-state index is 0.544. The van der Waals surface area contributed by atoms with Gasteiger partial charge in [-0.05, 0) is 126 Å². The number of hydrogen-bond donors (Lipinski definition) is 0. The topological polar surface area (TPSA) is 18.5 Å². The van der Waals surface area contributed by atoms with Gasteiger partial charge in [0.25, 0.3) is 0 Å². The highest BCUT2D eigenvalue weighted by Gasteiger charge is 2.56. The molecule has 5 unspecified atom stereocenters. The zero-order chi connectivity index (χ0) is 20.3. The van der Waals surface area contributed by atoms with Gasteiger partial charge in [0.2, 0.25) is 8.32 Å². The van der Waals surface area contributed by atoms with Gasteiger partial charge >= 0.3 is 0 Å². The van der Waals surface area contributed by atoms with Crippen molar-refractivity contribution in [3.63, 3.8) is 0 Å². The van der Waals surface area contributed by atoms with Crippen molar-refractivity contribution in [3.8, 4) is 0 Å². The van der Waals surface area contributed by atoms with Crippen molar-refractivity contribution in [1.82, 2.24) is 0 Å². The third-order valence-electron chi connectivity index (χ3n) is 8.45. The van der Waals surface area contributed by atoms with E-state index in [1.165, 1.54) is 57.1 Å². The van der Waals surface area contributed by atoms with Crippen molar-refractivity contribution in [2.75, 3.05) is 0 Å². The van der Waals surface area contributed by atoms with Crippen LogP contribution in [0.5, 0.6) is 0 Å². The van der Waals surface area contributed by atoms with Crippen LogP contribution in [0.2, 0.25) is 39.3 Å². The molecule has 4 heteroatoms. The van der Waals surface area contributed by atoms with E-state index in [2.05, 4.69) is 52.3 Å². The Labute approximate surface area is 176 Å². The van der Waals surface area contributed by atoms with Crippen molar-refractivity contribution in [3.05, 3.63) is 11.8 Å². The third-order valence-corrected chi connectivity index (χ3v) is 10.3. The van der Waals surface area contributed by atoms with Gasteiger partial charge in [0.05, 0.1) is 5.76 Å². The molecule has 0 aromatic heterocycles. The lowest BCUT2D eigenvalue weighted by Gasteiger charge is -2.59. The molecule has 0 N–H and O–H groups in total. The Balaban J connectivity index is 1.45. The van der Waals surface area contributed by atoms with Crippen LogP contribution in [0.25, 0.3) is 0 Å². The lowest BCUT2D eigenvalue weighted by Crippen LogP contribution is -2.52. The highest BCUT2D eigenvalue weighted by atomic mass is 28.4. The summed E-state index contributed by atoms with van der Waals surface area (Å²) in [6.45, 7) is 16.7. The molecule has 0 amide bonds. The zero-order valence-corrected chi connectivity index (χ0v) is 21.5. The van der Waals surface area contributed by atoms with Crippen LogP contribution in [0.1, 0.15) is 58.3 Å². The van der Waals surface area contributed by atoms with Gasteiger partial charge in [-0.2, -0.15) is 0 Å². The molecule has 2 nitrogen and oxygen atoms in total. The van der Waals surface area contributed by atoms with E-state index in [0.29, 0.717) is 11.5 Å². The predicted octanol–water partition coefficient (Wildman–Crippen LogP) is 7.20. The number of hydrogen-bond acceptors (Lipinski definition) is 2. The van der Waals surface area contributed by atoms with E-state index in [1.54, 1.807) is 0 Å². The summed E-state index contributed by atoms with van der Waals surface area (Å²) in [7, 11) is -2.91. The molecule has 0 aromatic rings. The third kappa shape index (κ3) is 4.07. The molecule has 0 saturated heterocycles. The summed E-state index contributed by atoms with van der Waals surface area (Å²) in [6.07, 6.45) is 14.1. The SMILES string of the molecule is C[C@]12CC[C@@H](O[Si](C)(C)C)CC1CCC1C3CC=C(O[Si](C)(C)C)C3CCC12. The average molecular weight is 421 g/mol. The fourth-order valence-corrected chi connectivity index (χ4v) is 9.66. The van der Waals surface area contributed by atoms with Gasteiger partial charge in [-0.1, -0.05) is 6.92 Å². The molecule has 7 atom stereocenters. The van der Waals surface area contributed by atoms with Crippen LogP contribution in [0.3, 0.4) is 0 Å². The average Bonchev–Trinajstić information content (AvgIpc) is 2.95. The lowest BCUT2D eigenvalue weighted by atomic mass is 9.47. The van der Waals surface area contributed by atoms with Crippen LogP contribution in [-0.2, 0) is 8.85 Å². The zero-order valence-electron chi connectivity index (χ0n) is 19.5. The smallest absolute Gasteiger partial charge is 0.241 e. The molecule has 0 aromatic carbocycles. The first-order chi connectivity index (χ1) is 13.0. The number of rotatable bonds is 4. The molecule has 28 heavy (non-hydrogen) atoms. The maximum absolute atomic E-state index is 6.56. The van der Waals surface area contributed by atoms with Crippen LogP contribution in [0.15, 0.2) is 11.8 Å². The van der Waals surface area contributed by atoms with Crippen molar-refractivity contribution >= 4 is 16.6 Å². The normalized spacial score (nSPS) is 43.6. The molecular formula is C24H44O2Si2. The standard InChI is InChI=1S/C24H44O2Si2/c1-24-15-14-18(25-27(2,3)4)16-17(24)8-9-20-19-11-13-23(26-28(5,6)7)21(19)10-12-22(20)24/h13,17-22H,8-12,14-16H2,1-7H3/t17?,18-,19?,20?,21?,22?,24+/m1/s1. The fraction of sp³-hybridized carbons (Fsp3) is 0.917. The van der Waals surface area contributed by atoms with E-state index in [0.717, 1.165) is 29.6 Å². The summed E-state index contributed by atoms with van der Waals surface area (Å²) in [5, 5.41) is 0. The fourth-order valence-electron chi connectivity index (χ4n) is 7.50. The van der Waals surface area contributed by atoms with Gasteiger partial charge in [0, 0.05) is 12.0 Å². The van der Waals surface area contributed by atoms with Gasteiger partial charge in [0.15, 0.2) is 8.32 Å². The number of fused-ring (bicyclic) bond motifs is 5. The summed E-state index contributed by atoms with van der Waals surface area (Å²) < 4.78 is 13.1. The summed E-state index contributed by atoms with van der Waals surface area (Å²) in [6, 6.07) is 0. The number of allylic oxidation sites excluding steroid dienone is 2. The maximum atomic E-state index is 6.56. The Hall–Kier alpha value is -0.0662. The van der Waals surface area contributed by atoms with Gasteiger partial charge in [0.1, 0.15) is 0 Å². The largest absolute Gasteiger partial charge is 0.547 e. The molecule has 4 rings (SSSR count). The highest BCUT2D eigenvalue weighted by Crippen LogP contribution is 2.63. The molecule has 4 aliphatic carbocycles. The Morgan fingerprint density at radius 1 is 0.893 bits per heavy atom. The first-order valence-electron chi connectivity index (χ1n) is 12.0. The highest BCUT2D eigenvalue weighted by molar-refractivity contribution is 6.70. The van der Waals surface area contributed by atoms with Gasteiger partial charge in [-0.25, -0.2) is 0 Å². The maximum Gasteiger partial charge on any atom is 0.241 e. The minimum Gasteiger partial charge on any atom is -0.547 e. The van der Waals surface area contributed by atoms with Crippen molar-refractivity contribution < 1.29 is 8.85 Å². The van der Waals surface area contributed by atoms with E-state index >= 15 is 0 Å². The lowest BCUT2D eigenvalue weighted by molar-refractivity contribution is -0.103. The molecule has 0 heterocycles. The quantitative estimate of drug-likeness (QED) is 0.447. The van der Waals surface area contributed by atoms with Crippen molar-refractivity contribution in [2.45, 2.75) is 104 Å². The Morgan fingerprint density at radius 3 is 2.32 bits per heavy atom. The predicted molar refractivity (Wildman–Crippen MR) is 123 cm³/mol. The molecular weight excluding hydrogens is 376 g/mol. The van der Waals surface area contributed by atoms with E-state index in [9.17, 15) is 0 Å². The second kappa shape index (κ2) is 7.27. The molecule has 3 fully saturated rings. The summed E-state index contributed by atoms with van der Waals surface area (Å²) in [5.41, 5.74) is 0.565. The summed E-state index contributed by atoms with van der Waals surface area (Å²) >= 11 is 0. The van der Waals surface area contributed by atoms with E-state index < -0.39 is 16.6 Å². The second-order valence-electron chi connectivity index (χ2n) is 12.6. The molecule has 0 aliphatic heterocycles. The van der Waals surface area contributed by atoms with Crippen LogP contribution in [0, 0.1) is 35.0 Å². The molecule has 3 saturated carbocycles. The summed E-state index contributed by atoms with van der Waals surface area (Å²) in [5.74, 6) is 5.78. The van der Waals surface area contributed by atoms with Gasteiger partial charge < -0.3 is 8.85 Å². The molecule has 0 spiro atoms. The second-order valence-corrected chi connectivity index (χ2v) is 21.5. The van der Waals surface area contributed by atoms with Crippen molar-refractivity contribution in [1.29, 1.82) is 0 Å². The Kier molecular flexibility index (Phi) is 5.49. The van der Waals surface area contributed by atoms with Crippen molar-refractivity contribution in [2.24, 2.45) is 35.0 Å². The van der Waals surface area contributed by atoms with Gasteiger partial charge in [-0.15, -0.1) is 0 Å². The van der Waals surface area contributed by atoms with Crippen LogP contribution in [0.4, 0.5) is 0 Å². The molecule has 160 valence electrons. The molecule has 4 aliphatic rings. The summed E-state index contributed by atoms with van der Waals surface area (Å²) in [4.78, 5) is 0. The van der Waals surface area contributed by atoms with Gasteiger partial charge in [-0.3, -0.25) is 0 Å². The molecule has 0 bridgehead atoms. The Bertz CT molecular complexity index is 617. The van der Waals surface area contributed by atoms with E-state index in [4.69, 9.17) is 8.85 Å². The monoisotopic (exact) mass is 420 g/mol. The Morgan fingerprint density at radius 2 is 1.64 bits per heavy atom. The van der Waals surface area contributed by atoms with Crippen LogP contribution >= 0.6 is 0 Å². The first kappa shape index (κ1) is 21.2. The van der Waals surface area contributed by atoms with E-state index in [-0.39, 0.29) is 0 Å². The molecule has 0 radical (unpaired) electrons. The van der Waals surface area contributed by atoms with Crippen LogP contribution in [-0.4, -0.2) is 22.7 Å². The van der Waals surface area contributed by atoms with E-state index in [1.807, 2.05) is 0 Å². The van der Waals surface area contributed by atoms with Crippen LogP contribution < -0.4 is 0 Å². The minimum atomic E-state index is -1.49. The first-order valence-corrected chi connectivity index (χ1v) is 18.8.